The molecule has 0 amide bonds. The lowest BCUT2D eigenvalue weighted by atomic mass is 10.4. The molecular weight excluding hydrogens is 316 g/mol. The van der Waals surface area contributed by atoms with Gasteiger partial charge in [-0.2, -0.15) is 4.98 Å². The van der Waals surface area contributed by atoms with Gasteiger partial charge in [-0.25, -0.2) is 4.98 Å². The molecule has 0 aromatic carbocycles. The molecule has 0 aliphatic heterocycles. The van der Waals surface area contributed by atoms with Gasteiger partial charge < -0.3 is 10.6 Å². The van der Waals surface area contributed by atoms with Gasteiger partial charge in [-0.15, -0.1) is 0 Å². The van der Waals surface area contributed by atoms with E-state index in [4.69, 9.17) is 0 Å². The van der Waals surface area contributed by atoms with Gasteiger partial charge in [0, 0.05) is 41.6 Å². The van der Waals surface area contributed by atoms with Crippen LogP contribution in [0.3, 0.4) is 0 Å². The Morgan fingerprint density at radius 2 is 2.22 bits per heavy atom. The highest BCUT2D eigenvalue weighted by Gasteiger charge is 2.09. The van der Waals surface area contributed by atoms with E-state index in [9.17, 15) is 4.21 Å². The van der Waals surface area contributed by atoms with E-state index in [1.165, 1.54) is 0 Å². The van der Waals surface area contributed by atoms with Crippen LogP contribution < -0.4 is 10.6 Å². The van der Waals surface area contributed by atoms with Crippen LogP contribution in [0.5, 0.6) is 0 Å². The van der Waals surface area contributed by atoms with E-state index in [1.807, 2.05) is 6.92 Å². The predicted octanol–water partition coefficient (Wildman–Crippen LogP) is 2.24. The SMILES string of the molecule is CCCNc1ncc(Br)c(NCC(C)S(C)=O)n1. The Bertz CT molecular complexity index is 416. The van der Waals surface area contributed by atoms with Crippen LogP contribution >= 0.6 is 15.9 Å². The summed E-state index contributed by atoms with van der Waals surface area (Å²) >= 11 is 3.39. The molecule has 0 fully saturated rings. The number of aromatic nitrogens is 2. The van der Waals surface area contributed by atoms with Crippen molar-refractivity contribution < 1.29 is 4.21 Å². The van der Waals surface area contributed by atoms with E-state index in [1.54, 1.807) is 12.5 Å². The monoisotopic (exact) mass is 334 g/mol. The highest BCUT2D eigenvalue weighted by molar-refractivity contribution is 9.10. The topological polar surface area (TPSA) is 66.9 Å². The number of nitrogens with zero attached hydrogens (tertiary/aromatic N) is 2. The van der Waals surface area contributed by atoms with Gasteiger partial charge in [0.25, 0.3) is 0 Å². The van der Waals surface area contributed by atoms with Crippen LogP contribution in [0.1, 0.15) is 20.3 Å². The van der Waals surface area contributed by atoms with Gasteiger partial charge in [0.2, 0.25) is 5.95 Å². The fourth-order valence-electron chi connectivity index (χ4n) is 1.17. The average molecular weight is 335 g/mol. The minimum Gasteiger partial charge on any atom is -0.368 e. The molecule has 0 radical (unpaired) electrons. The highest BCUT2D eigenvalue weighted by Crippen LogP contribution is 2.20. The van der Waals surface area contributed by atoms with Crippen molar-refractivity contribution in [1.29, 1.82) is 0 Å². The highest BCUT2D eigenvalue weighted by atomic mass is 79.9. The van der Waals surface area contributed by atoms with E-state index in [-0.39, 0.29) is 5.25 Å². The number of hydrogen-bond donors (Lipinski definition) is 2. The molecule has 0 saturated carbocycles. The zero-order chi connectivity index (χ0) is 13.5. The quantitative estimate of drug-likeness (QED) is 0.800. The van der Waals surface area contributed by atoms with E-state index in [0.717, 1.165) is 23.3 Å². The molecule has 1 rings (SSSR count). The summed E-state index contributed by atoms with van der Waals surface area (Å²) in [7, 11) is -0.838. The van der Waals surface area contributed by atoms with E-state index in [2.05, 4.69) is 43.5 Å². The van der Waals surface area contributed by atoms with E-state index >= 15 is 0 Å². The Morgan fingerprint density at radius 1 is 1.50 bits per heavy atom. The van der Waals surface area contributed by atoms with E-state index in [0.29, 0.717) is 12.5 Å². The summed E-state index contributed by atoms with van der Waals surface area (Å²) in [6.07, 6.45) is 4.44. The van der Waals surface area contributed by atoms with Crippen molar-refractivity contribution in [1.82, 2.24) is 9.97 Å². The van der Waals surface area contributed by atoms with Gasteiger partial charge in [-0.3, -0.25) is 4.21 Å². The molecule has 0 bridgehead atoms. The van der Waals surface area contributed by atoms with Crippen molar-refractivity contribution in [3.63, 3.8) is 0 Å². The molecule has 1 aromatic heterocycles. The lowest BCUT2D eigenvalue weighted by Crippen LogP contribution is -2.21. The Morgan fingerprint density at radius 3 is 2.83 bits per heavy atom. The Kier molecular flexibility index (Phi) is 6.56. The van der Waals surface area contributed by atoms with Crippen LogP contribution in [0.25, 0.3) is 0 Å². The zero-order valence-electron chi connectivity index (χ0n) is 10.9. The van der Waals surface area contributed by atoms with Gasteiger partial charge in [-0.05, 0) is 29.3 Å². The maximum atomic E-state index is 11.3. The standard InChI is InChI=1S/C11H19BrN4OS/c1-4-5-13-11-15-7-9(12)10(16-11)14-6-8(2)18(3)17/h7-8H,4-6H2,1-3H3,(H2,13,14,15,16). The van der Waals surface area contributed by atoms with Crippen LogP contribution in [0.2, 0.25) is 0 Å². The molecule has 0 aliphatic rings. The molecule has 2 unspecified atom stereocenters. The zero-order valence-corrected chi connectivity index (χ0v) is 13.3. The van der Waals surface area contributed by atoms with Gasteiger partial charge in [0.1, 0.15) is 5.82 Å². The molecule has 0 saturated heterocycles. The molecule has 0 aliphatic carbocycles. The Labute approximate surface area is 119 Å². The fraction of sp³-hybridized carbons (Fsp3) is 0.636. The van der Waals surface area contributed by atoms with Crippen LogP contribution in [0.4, 0.5) is 11.8 Å². The molecule has 2 N–H and O–H groups in total. The smallest absolute Gasteiger partial charge is 0.224 e. The predicted molar refractivity (Wildman–Crippen MR) is 80.5 cm³/mol. The number of rotatable bonds is 7. The molecule has 1 aromatic rings. The summed E-state index contributed by atoms with van der Waals surface area (Å²) in [6.45, 7) is 5.49. The summed E-state index contributed by atoms with van der Waals surface area (Å²) in [5.41, 5.74) is 0. The molecule has 1 heterocycles. The number of hydrogen-bond acceptors (Lipinski definition) is 5. The first-order chi connectivity index (χ1) is 8.54. The first-order valence-corrected chi connectivity index (χ1v) is 8.28. The fourth-order valence-corrected chi connectivity index (χ4v) is 1.82. The second-order valence-electron chi connectivity index (χ2n) is 4.01. The summed E-state index contributed by atoms with van der Waals surface area (Å²) in [4.78, 5) is 8.53. The van der Waals surface area contributed by atoms with Crippen molar-refractivity contribution in [2.45, 2.75) is 25.5 Å². The van der Waals surface area contributed by atoms with Crippen molar-refractivity contribution in [3.8, 4) is 0 Å². The minimum atomic E-state index is -0.838. The van der Waals surface area contributed by atoms with Crippen LogP contribution in [-0.2, 0) is 10.8 Å². The van der Waals surface area contributed by atoms with E-state index < -0.39 is 10.8 Å². The minimum absolute atomic E-state index is 0.0823. The van der Waals surface area contributed by atoms with Gasteiger partial charge in [0.05, 0.1) is 4.47 Å². The lowest BCUT2D eigenvalue weighted by molar-refractivity contribution is 0.678. The third kappa shape index (κ3) is 4.89. The maximum absolute atomic E-state index is 11.3. The summed E-state index contributed by atoms with van der Waals surface area (Å²) in [5, 5.41) is 6.39. The molecular formula is C11H19BrN4OS. The number of nitrogens with one attached hydrogen (secondary N) is 2. The summed E-state index contributed by atoms with van der Waals surface area (Å²) in [5.74, 6) is 1.33. The van der Waals surface area contributed by atoms with Gasteiger partial charge in [-0.1, -0.05) is 6.92 Å². The summed E-state index contributed by atoms with van der Waals surface area (Å²) in [6, 6.07) is 0. The van der Waals surface area contributed by atoms with Crippen LogP contribution in [-0.4, -0.2) is 38.8 Å². The van der Waals surface area contributed by atoms with Crippen molar-refractivity contribution in [2.24, 2.45) is 0 Å². The molecule has 0 spiro atoms. The average Bonchev–Trinajstić information content (AvgIpc) is 2.35. The first-order valence-electron chi connectivity index (χ1n) is 5.87. The number of anilines is 2. The molecule has 102 valence electrons. The van der Waals surface area contributed by atoms with Crippen molar-refractivity contribution in [2.75, 3.05) is 30.0 Å². The normalized spacial score (nSPS) is 14.0. The second kappa shape index (κ2) is 7.68. The summed E-state index contributed by atoms with van der Waals surface area (Å²) < 4.78 is 12.1. The third-order valence-electron chi connectivity index (χ3n) is 2.40. The Balaban J connectivity index is 2.66. The molecule has 2 atom stereocenters. The Hall–Kier alpha value is -0.690. The maximum Gasteiger partial charge on any atom is 0.224 e. The van der Waals surface area contributed by atoms with Crippen molar-refractivity contribution >= 4 is 38.5 Å². The first kappa shape index (κ1) is 15.4. The van der Waals surface area contributed by atoms with Gasteiger partial charge >= 0.3 is 0 Å². The molecule has 7 heteroatoms. The number of halogens is 1. The van der Waals surface area contributed by atoms with Crippen LogP contribution in [0, 0.1) is 0 Å². The third-order valence-corrected chi connectivity index (χ3v) is 4.28. The largest absolute Gasteiger partial charge is 0.368 e. The molecule has 18 heavy (non-hydrogen) atoms. The van der Waals surface area contributed by atoms with Gasteiger partial charge in [0.15, 0.2) is 0 Å². The van der Waals surface area contributed by atoms with Crippen molar-refractivity contribution in [3.05, 3.63) is 10.7 Å². The van der Waals surface area contributed by atoms with Crippen LogP contribution in [0.15, 0.2) is 10.7 Å². The molecule has 5 nitrogen and oxygen atoms in total. The lowest BCUT2D eigenvalue weighted by Gasteiger charge is -2.12. The second-order valence-corrected chi connectivity index (χ2v) is 6.66.